The van der Waals surface area contributed by atoms with Gasteiger partial charge in [-0.2, -0.15) is 23.1 Å². The molecule has 0 radical (unpaired) electrons. The molecule has 6 nitrogen and oxygen atoms in total. The Labute approximate surface area is 200 Å². The lowest BCUT2D eigenvalue weighted by Gasteiger charge is -2.39. The van der Waals surface area contributed by atoms with Crippen LogP contribution in [0, 0.1) is 0 Å². The zero-order valence-electron chi connectivity index (χ0n) is 18.8. The highest BCUT2D eigenvalue weighted by molar-refractivity contribution is 5.85. The quantitative estimate of drug-likeness (QED) is 0.407. The number of benzene rings is 3. The number of fused-ring (bicyclic) bond motifs is 2. The molecule has 2 N–H and O–H groups in total. The van der Waals surface area contributed by atoms with E-state index in [0.29, 0.717) is 18.7 Å². The molecule has 1 aliphatic rings. The first-order valence-electron chi connectivity index (χ1n) is 11.4. The van der Waals surface area contributed by atoms with Crippen LogP contribution in [0.25, 0.3) is 10.9 Å². The van der Waals surface area contributed by atoms with E-state index < -0.39 is 17.8 Å². The summed E-state index contributed by atoms with van der Waals surface area (Å²) in [5.74, 6) is 0. The van der Waals surface area contributed by atoms with E-state index in [1.807, 2.05) is 48.5 Å². The second-order valence-corrected chi connectivity index (χ2v) is 8.58. The van der Waals surface area contributed by atoms with E-state index in [1.54, 1.807) is 12.3 Å². The zero-order valence-corrected chi connectivity index (χ0v) is 18.8. The summed E-state index contributed by atoms with van der Waals surface area (Å²) in [4.78, 5) is 16.1. The van der Waals surface area contributed by atoms with Crippen LogP contribution in [0.15, 0.2) is 79.0 Å². The molecular formula is C26H24F3N5O. The topological polar surface area (TPSA) is 62.2 Å². The standard InChI is InChI=1S/C26H24F3N5O/c27-26(28,29)21-9-5-6-18(14-21)17-33-22(13-12-19-7-1-3-10-23(19)33)16-30-25(35)32-34-24-11-4-2-8-20(24)15-31-34/h1-11,14-15,22H,12-13,16-17H2,(H2,30,32,35). The molecule has 3 aromatic carbocycles. The largest absolute Gasteiger partial charge is 0.416 e. The van der Waals surface area contributed by atoms with E-state index in [4.69, 9.17) is 0 Å². The van der Waals surface area contributed by atoms with E-state index in [9.17, 15) is 18.0 Å². The van der Waals surface area contributed by atoms with Gasteiger partial charge in [-0.1, -0.05) is 48.5 Å². The summed E-state index contributed by atoms with van der Waals surface area (Å²) in [5, 5.41) is 8.01. The fourth-order valence-corrected chi connectivity index (χ4v) is 4.55. The van der Waals surface area contributed by atoms with Crippen molar-refractivity contribution in [1.29, 1.82) is 0 Å². The van der Waals surface area contributed by atoms with Gasteiger partial charge in [0.15, 0.2) is 0 Å². The Kier molecular flexibility index (Phi) is 6.07. The van der Waals surface area contributed by atoms with Gasteiger partial charge in [0.05, 0.1) is 17.3 Å². The average Bonchev–Trinajstić information content (AvgIpc) is 3.26. The number of hydrogen-bond donors (Lipinski definition) is 2. The third-order valence-electron chi connectivity index (χ3n) is 6.28. The first-order valence-corrected chi connectivity index (χ1v) is 11.4. The molecule has 5 rings (SSSR count). The van der Waals surface area contributed by atoms with Gasteiger partial charge in [0.2, 0.25) is 0 Å². The Morgan fingerprint density at radius 3 is 2.69 bits per heavy atom. The van der Waals surface area contributed by atoms with E-state index in [0.717, 1.165) is 41.1 Å². The van der Waals surface area contributed by atoms with Crippen molar-refractivity contribution in [2.75, 3.05) is 16.9 Å². The lowest BCUT2D eigenvalue weighted by atomic mass is 9.94. The Hall–Kier alpha value is -4.01. The molecule has 4 aromatic rings. The smallest absolute Gasteiger partial charge is 0.362 e. The van der Waals surface area contributed by atoms with Crippen molar-refractivity contribution in [2.24, 2.45) is 0 Å². The van der Waals surface area contributed by atoms with E-state index in [2.05, 4.69) is 20.7 Å². The molecule has 1 aliphatic heterocycles. The third kappa shape index (κ3) is 4.94. The predicted molar refractivity (Wildman–Crippen MR) is 129 cm³/mol. The fraction of sp³-hybridized carbons (Fsp3) is 0.231. The number of rotatable bonds is 5. The zero-order chi connectivity index (χ0) is 24.4. The van der Waals surface area contributed by atoms with Crippen molar-refractivity contribution < 1.29 is 18.0 Å². The van der Waals surface area contributed by atoms with Crippen LogP contribution in [0.2, 0.25) is 0 Å². The van der Waals surface area contributed by atoms with Gasteiger partial charge in [0, 0.05) is 30.2 Å². The molecule has 1 atom stereocenters. The Balaban J connectivity index is 1.32. The van der Waals surface area contributed by atoms with Crippen molar-refractivity contribution in [3.05, 3.63) is 95.7 Å². The maximum Gasteiger partial charge on any atom is 0.416 e. The van der Waals surface area contributed by atoms with Crippen molar-refractivity contribution in [1.82, 2.24) is 15.2 Å². The molecule has 1 aromatic heterocycles. The van der Waals surface area contributed by atoms with Crippen LogP contribution < -0.4 is 15.6 Å². The normalized spacial score (nSPS) is 15.6. The van der Waals surface area contributed by atoms with Gasteiger partial charge in [-0.05, 0) is 48.2 Å². The van der Waals surface area contributed by atoms with Crippen LogP contribution in [0.5, 0.6) is 0 Å². The monoisotopic (exact) mass is 479 g/mol. The summed E-state index contributed by atoms with van der Waals surface area (Å²) < 4.78 is 39.7. The number of aromatic nitrogens is 2. The number of aryl methyl sites for hydroxylation is 1. The second-order valence-electron chi connectivity index (χ2n) is 8.58. The molecule has 1 unspecified atom stereocenters. The third-order valence-corrected chi connectivity index (χ3v) is 6.28. The molecule has 0 saturated carbocycles. The van der Waals surface area contributed by atoms with Crippen molar-refractivity contribution >= 4 is 22.6 Å². The Morgan fingerprint density at radius 2 is 1.83 bits per heavy atom. The second kappa shape index (κ2) is 9.32. The van der Waals surface area contributed by atoms with Gasteiger partial charge in [-0.15, -0.1) is 0 Å². The van der Waals surface area contributed by atoms with Crippen molar-refractivity contribution in [2.45, 2.75) is 31.6 Å². The van der Waals surface area contributed by atoms with Crippen LogP contribution in [0.4, 0.5) is 23.7 Å². The summed E-state index contributed by atoms with van der Waals surface area (Å²) in [6.45, 7) is 0.636. The molecule has 180 valence electrons. The Bertz CT molecular complexity index is 1350. The number of amides is 2. The molecule has 0 bridgehead atoms. The molecule has 0 spiro atoms. The van der Waals surface area contributed by atoms with Crippen LogP contribution in [0.1, 0.15) is 23.1 Å². The number of alkyl halides is 3. The van der Waals surface area contributed by atoms with E-state index in [-0.39, 0.29) is 6.04 Å². The van der Waals surface area contributed by atoms with Gasteiger partial charge in [0.1, 0.15) is 0 Å². The number of carbonyl (C=O) groups is 1. The van der Waals surface area contributed by atoms with Crippen LogP contribution in [-0.4, -0.2) is 28.5 Å². The number of carbonyl (C=O) groups excluding carboxylic acids is 1. The minimum absolute atomic E-state index is 0.0837. The van der Waals surface area contributed by atoms with Crippen LogP contribution in [-0.2, 0) is 19.1 Å². The summed E-state index contributed by atoms with van der Waals surface area (Å²) >= 11 is 0. The SMILES string of the molecule is O=C(NCC1CCc2ccccc2N1Cc1cccc(C(F)(F)F)c1)Nn1ncc2ccccc21. The number of anilines is 1. The first kappa shape index (κ1) is 22.8. The Morgan fingerprint density at radius 1 is 1.03 bits per heavy atom. The van der Waals surface area contributed by atoms with Crippen molar-refractivity contribution in [3.8, 4) is 0 Å². The first-order chi connectivity index (χ1) is 16.9. The number of halogens is 3. The highest BCUT2D eigenvalue weighted by Crippen LogP contribution is 2.33. The maximum absolute atomic E-state index is 13.2. The fourth-order valence-electron chi connectivity index (χ4n) is 4.55. The van der Waals surface area contributed by atoms with Crippen molar-refractivity contribution in [3.63, 3.8) is 0 Å². The molecule has 35 heavy (non-hydrogen) atoms. The number of para-hydroxylation sites is 2. The van der Waals surface area contributed by atoms with Gasteiger partial charge < -0.3 is 10.2 Å². The molecule has 9 heteroatoms. The highest BCUT2D eigenvalue weighted by Gasteiger charge is 2.31. The average molecular weight is 480 g/mol. The number of hydrogen-bond acceptors (Lipinski definition) is 3. The maximum atomic E-state index is 13.2. The minimum Gasteiger partial charge on any atom is -0.362 e. The summed E-state index contributed by atoms with van der Waals surface area (Å²) in [6.07, 6.45) is -1.13. The van der Waals surface area contributed by atoms with Gasteiger partial charge in [-0.25, -0.2) is 10.2 Å². The van der Waals surface area contributed by atoms with E-state index >= 15 is 0 Å². The molecule has 0 fully saturated rings. The predicted octanol–water partition coefficient (Wildman–Crippen LogP) is 5.33. The molecule has 0 saturated heterocycles. The summed E-state index contributed by atoms with van der Waals surface area (Å²) in [6, 6.07) is 20.3. The lowest BCUT2D eigenvalue weighted by Crippen LogP contribution is -2.48. The van der Waals surface area contributed by atoms with Gasteiger partial charge in [0.25, 0.3) is 0 Å². The summed E-state index contributed by atoms with van der Waals surface area (Å²) in [5.41, 5.74) is 5.52. The number of nitrogens with one attached hydrogen (secondary N) is 2. The van der Waals surface area contributed by atoms with Crippen LogP contribution in [0.3, 0.4) is 0 Å². The van der Waals surface area contributed by atoms with E-state index in [1.165, 1.54) is 16.9 Å². The van der Waals surface area contributed by atoms with Crippen LogP contribution >= 0.6 is 0 Å². The van der Waals surface area contributed by atoms with Gasteiger partial charge >= 0.3 is 12.2 Å². The summed E-state index contributed by atoms with van der Waals surface area (Å²) in [7, 11) is 0. The van der Waals surface area contributed by atoms with Gasteiger partial charge in [-0.3, -0.25) is 0 Å². The number of urea groups is 1. The molecule has 2 amide bonds. The molecule has 2 heterocycles. The number of nitrogens with zero attached hydrogens (tertiary/aromatic N) is 3. The lowest BCUT2D eigenvalue weighted by molar-refractivity contribution is -0.137. The highest BCUT2D eigenvalue weighted by atomic mass is 19.4. The molecule has 0 aliphatic carbocycles. The minimum atomic E-state index is -4.40. The molecular weight excluding hydrogens is 455 g/mol.